The molecule has 0 saturated carbocycles. The Kier molecular flexibility index (Phi) is 3.25. The highest BCUT2D eigenvalue weighted by atomic mass is 16.3. The molecule has 2 atom stereocenters. The molecule has 0 fully saturated rings. The normalized spacial score (nSPS) is 15.2. The Bertz CT molecular complexity index is 431. The molecule has 0 spiro atoms. The SMILES string of the molecule is CCC(O)C(C)Cc1cn2ccccc2n1. The minimum atomic E-state index is -0.232. The lowest BCUT2D eigenvalue weighted by atomic mass is 9.98. The molecule has 0 aliphatic carbocycles. The molecule has 0 aliphatic heterocycles. The smallest absolute Gasteiger partial charge is 0.136 e. The van der Waals surface area contributed by atoms with Crippen LogP contribution in [-0.4, -0.2) is 20.6 Å². The first-order chi connectivity index (χ1) is 7.70. The van der Waals surface area contributed by atoms with Crippen LogP contribution in [0.3, 0.4) is 0 Å². The quantitative estimate of drug-likeness (QED) is 0.855. The molecule has 0 radical (unpaired) electrons. The zero-order valence-electron chi connectivity index (χ0n) is 9.80. The van der Waals surface area contributed by atoms with Crippen LogP contribution in [0.5, 0.6) is 0 Å². The molecule has 2 aromatic heterocycles. The average Bonchev–Trinajstić information content (AvgIpc) is 2.69. The largest absolute Gasteiger partial charge is 0.393 e. The second-order valence-electron chi connectivity index (χ2n) is 4.36. The lowest BCUT2D eigenvalue weighted by Gasteiger charge is -2.15. The number of aromatic nitrogens is 2. The maximum absolute atomic E-state index is 9.73. The number of fused-ring (bicyclic) bond motifs is 1. The van der Waals surface area contributed by atoms with Crippen molar-refractivity contribution in [3.8, 4) is 0 Å². The molecule has 2 aromatic rings. The van der Waals surface area contributed by atoms with Crippen molar-refractivity contribution in [2.75, 3.05) is 0 Å². The minimum Gasteiger partial charge on any atom is -0.393 e. The molecule has 0 bridgehead atoms. The molecule has 0 saturated heterocycles. The molecule has 16 heavy (non-hydrogen) atoms. The summed E-state index contributed by atoms with van der Waals surface area (Å²) in [7, 11) is 0. The fraction of sp³-hybridized carbons (Fsp3) is 0.462. The van der Waals surface area contributed by atoms with Gasteiger partial charge in [0.25, 0.3) is 0 Å². The fourth-order valence-electron chi connectivity index (χ4n) is 1.95. The van der Waals surface area contributed by atoms with Crippen LogP contribution >= 0.6 is 0 Å². The third kappa shape index (κ3) is 2.25. The van der Waals surface area contributed by atoms with Crippen LogP contribution in [0.4, 0.5) is 0 Å². The fourth-order valence-corrected chi connectivity index (χ4v) is 1.95. The first-order valence-corrected chi connectivity index (χ1v) is 5.81. The van der Waals surface area contributed by atoms with Gasteiger partial charge in [0, 0.05) is 12.4 Å². The van der Waals surface area contributed by atoms with Crippen molar-refractivity contribution < 1.29 is 5.11 Å². The number of hydrogen-bond donors (Lipinski definition) is 1. The Morgan fingerprint density at radius 2 is 2.25 bits per heavy atom. The molecule has 2 rings (SSSR count). The van der Waals surface area contributed by atoms with Crippen LogP contribution in [-0.2, 0) is 6.42 Å². The van der Waals surface area contributed by atoms with Crippen LogP contribution in [0.1, 0.15) is 26.0 Å². The Morgan fingerprint density at radius 3 is 2.94 bits per heavy atom. The van der Waals surface area contributed by atoms with Gasteiger partial charge in [-0.2, -0.15) is 0 Å². The number of aliphatic hydroxyl groups excluding tert-OH is 1. The van der Waals surface area contributed by atoms with E-state index in [0.29, 0.717) is 0 Å². The molecule has 86 valence electrons. The molecule has 0 aromatic carbocycles. The third-order valence-electron chi connectivity index (χ3n) is 3.02. The van der Waals surface area contributed by atoms with E-state index in [4.69, 9.17) is 0 Å². The summed E-state index contributed by atoms with van der Waals surface area (Å²) in [5.74, 6) is 0.259. The Balaban J connectivity index is 2.15. The predicted molar refractivity (Wildman–Crippen MR) is 64.4 cm³/mol. The zero-order chi connectivity index (χ0) is 11.5. The van der Waals surface area contributed by atoms with Gasteiger partial charge in [-0.1, -0.05) is 19.9 Å². The van der Waals surface area contributed by atoms with Crippen molar-refractivity contribution in [2.24, 2.45) is 5.92 Å². The molecule has 2 heterocycles. The Hall–Kier alpha value is -1.35. The predicted octanol–water partition coefficient (Wildman–Crippen LogP) is 2.28. The van der Waals surface area contributed by atoms with Gasteiger partial charge in [0.15, 0.2) is 0 Å². The van der Waals surface area contributed by atoms with Crippen LogP contribution in [0, 0.1) is 5.92 Å². The lowest BCUT2D eigenvalue weighted by Crippen LogP contribution is -2.18. The molecule has 1 N–H and O–H groups in total. The number of nitrogens with zero attached hydrogens (tertiary/aromatic N) is 2. The van der Waals surface area contributed by atoms with E-state index in [9.17, 15) is 5.11 Å². The molecular formula is C13H18N2O. The first kappa shape index (κ1) is 11.1. The van der Waals surface area contributed by atoms with Gasteiger partial charge in [0.1, 0.15) is 5.65 Å². The maximum atomic E-state index is 9.73. The lowest BCUT2D eigenvalue weighted by molar-refractivity contribution is 0.112. The van der Waals surface area contributed by atoms with E-state index in [-0.39, 0.29) is 12.0 Å². The van der Waals surface area contributed by atoms with Crippen molar-refractivity contribution in [2.45, 2.75) is 32.8 Å². The molecule has 0 aliphatic rings. The van der Waals surface area contributed by atoms with Crippen LogP contribution in [0.15, 0.2) is 30.6 Å². The van der Waals surface area contributed by atoms with Crippen molar-refractivity contribution in [1.29, 1.82) is 0 Å². The van der Waals surface area contributed by atoms with Gasteiger partial charge in [-0.05, 0) is 30.9 Å². The van der Waals surface area contributed by atoms with Gasteiger partial charge in [-0.3, -0.25) is 0 Å². The molecule has 3 nitrogen and oxygen atoms in total. The van der Waals surface area contributed by atoms with Crippen molar-refractivity contribution in [3.63, 3.8) is 0 Å². The van der Waals surface area contributed by atoms with Crippen molar-refractivity contribution in [1.82, 2.24) is 9.38 Å². The van der Waals surface area contributed by atoms with E-state index in [1.807, 2.05) is 41.9 Å². The zero-order valence-corrected chi connectivity index (χ0v) is 9.80. The molecular weight excluding hydrogens is 200 g/mol. The van der Waals surface area contributed by atoms with Crippen LogP contribution in [0.2, 0.25) is 0 Å². The highest BCUT2D eigenvalue weighted by molar-refractivity contribution is 5.39. The third-order valence-corrected chi connectivity index (χ3v) is 3.02. The molecule has 2 unspecified atom stereocenters. The van der Waals surface area contributed by atoms with E-state index >= 15 is 0 Å². The van der Waals surface area contributed by atoms with Gasteiger partial charge in [-0.25, -0.2) is 4.98 Å². The second-order valence-corrected chi connectivity index (χ2v) is 4.36. The standard InChI is InChI=1S/C13H18N2O/c1-3-12(16)10(2)8-11-9-15-7-5-4-6-13(15)14-11/h4-7,9-10,12,16H,3,8H2,1-2H3. The summed E-state index contributed by atoms with van der Waals surface area (Å²) in [6, 6.07) is 5.96. The minimum absolute atomic E-state index is 0.232. The summed E-state index contributed by atoms with van der Waals surface area (Å²) in [5.41, 5.74) is 2.02. The second kappa shape index (κ2) is 4.66. The first-order valence-electron chi connectivity index (χ1n) is 5.81. The highest BCUT2D eigenvalue weighted by Gasteiger charge is 2.14. The topological polar surface area (TPSA) is 37.5 Å². The number of imidazole rings is 1. The average molecular weight is 218 g/mol. The summed E-state index contributed by atoms with van der Waals surface area (Å²) in [6.45, 7) is 4.07. The number of hydrogen-bond acceptors (Lipinski definition) is 2. The van der Waals surface area contributed by atoms with Gasteiger partial charge in [0.05, 0.1) is 11.8 Å². The maximum Gasteiger partial charge on any atom is 0.136 e. The number of aliphatic hydroxyl groups is 1. The van der Waals surface area contributed by atoms with E-state index in [1.165, 1.54) is 0 Å². The van der Waals surface area contributed by atoms with Gasteiger partial charge < -0.3 is 9.51 Å². The van der Waals surface area contributed by atoms with Gasteiger partial charge in [0.2, 0.25) is 0 Å². The summed E-state index contributed by atoms with van der Waals surface area (Å²) in [6.07, 6.45) is 5.43. The molecule has 0 amide bonds. The number of pyridine rings is 1. The molecule has 3 heteroatoms. The van der Waals surface area contributed by atoms with Gasteiger partial charge in [-0.15, -0.1) is 0 Å². The van der Waals surface area contributed by atoms with Gasteiger partial charge >= 0.3 is 0 Å². The summed E-state index contributed by atoms with van der Waals surface area (Å²) in [5, 5.41) is 9.73. The van der Waals surface area contributed by atoms with Crippen LogP contribution in [0.25, 0.3) is 5.65 Å². The monoisotopic (exact) mass is 218 g/mol. The summed E-state index contributed by atoms with van der Waals surface area (Å²) < 4.78 is 2.01. The van der Waals surface area contributed by atoms with Crippen molar-refractivity contribution in [3.05, 3.63) is 36.3 Å². The van der Waals surface area contributed by atoms with E-state index in [1.54, 1.807) is 0 Å². The summed E-state index contributed by atoms with van der Waals surface area (Å²) in [4.78, 5) is 4.52. The Labute approximate surface area is 95.8 Å². The van der Waals surface area contributed by atoms with Crippen molar-refractivity contribution >= 4 is 5.65 Å². The Morgan fingerprint density at radius 1 is 1.44 bits per heavy atom. The van der Waals surface area contributed by atoms with Crippen LogP contribution < -0.4 is 0 Å². The number of rotatable bonds is 4. The highest BCUT2D eigenvalue weighted by Crippen LogP contribution is 2.14. The summed E-state index contributed by atoms with van der Waals surface area (Å²) >= 11 is 0. The van der Waals surface area contributed by atoms with E-state index in [2.05, 4.69) is 11.9 Å². The van der Waals surface area contributed by atoms with E-state index < -0.39 is 0 Å². The van der Waals surface area contributed by atoms with E-state index in [0.717, 1.165) is 24.2 Å².